The molecule has 3 aromatic heterocycles. The molecule has 5 rings (SSSR count). The van der Waals surface area contributed by atoms with Crippen molar-refractivity contribution in [1.29, 1.82) is 0 Å². The maximum absolute atomic E-state index is 12.4. The summed E-state index contributed by atoms with van der Waals surface area (Å²) in [7, 11) is -2.73. The van der Waals surface area contributed by atoms with E-state index in [1.807, 2.05) is 0 Å². The molecule has 2 saturated heterocycles. The Hall–Kier alpha value is -2.61. The summed E-state index contributed by atoms with van der Waals surface area (Å²) < 4.78 is 39.9. The van der Waals surface area contributed by atoms with Crippen molar-refractivity contribution in [1.82, 2.24) is 23.9 Å². The molecule has 1 unspecified atom stereocenters. The number of imidazole rings is 2. The van der Waals surface area contributed by atoms with Gasteiger partial charge in [-0.1, -0.05) is 4.98 Å². The summed E-state index contributed by atoms with van der Waals surface area (Å²) in [5, 5.41) is 0. The third-order valence-electron chi connectivity index (χ3n) is 5.36. The predicted octanol–water partition coefficient (Wildman–Crippen LogP) is -1.22. The maximum atomic E-state index is 12.4. The predicted molar refractivity (Wildman–Crippen MR) is 105 cm³/mol. The van der Waals surface area contributed by atoms with Crippen molar-refractivity contribution in [3.63, 3.8) is 0 Å². The Morgan fingerprint density at radius 3 is 2.88 bits per heavy atom. The molecule has 0 aromatic carbocycles. The molecular formula is C17H22N7O7P. The first-order valence-corrected chi connectivity index (χ1v) is 11.3. The molecule has 5 atom stereocenters. The van der Waals surface area contributed by atoms with E-state index in [1.54, 1.807) is 36.4 Å². The minimum absolute atomic E-state index is 0.0478. The highest BCUT2D eigenvalue weighted by molar-refractivity contribution is 7.49. The van der Waals surface area contributed by atoms with Gasteiger partial charge in [0.05, 0.1) is 13.7 Å². The van der Waals surface area contributed by atoms with E-state index in [9.17, 15) is 14.3 Å². The van der Waals surface area contributed by atoms with Crippen LogP contribution < -0.4 is 20.8 Å². The van der Waals surface area contributed by atoms with Crippen molar-refractivity contribution in [2.24, 2.45) is 7.05 Å². The monoisotopic (exact) mass is 467 g/mol. The lowest BCUT2D eigenvalue weighted by molar-refractivity contribution is -0.746. The molecule has 0 spiro atoms. The minimum atomic E-state index is -4.42. The van der Waals surface area contributed by atoms with Crippen LogP contribution in [0.4, 0.5) is 5.95 Å². The molecule has 2 aliphatic heterocycles. The van der Waals surface area contributed by atoms with E-state index in [0.29, 0.717) is 11.2 Å². The summed E-state index contributed by atoms with van der Waals surface area (Å²) in [5.74, 6) is -0.982. The average Bonchev–Trinajstić information content (AvgIpc) is 3.44. The fourth-order valence-electron chi connectivity index (χ4n) is 4.10. The van der Waals surface area contributed by atoms with Crippen molar-refractivity contribution in [3.05, 3.63) is 35.4 Å². The topological polar surface area (TPSA) is 175 Å². The number of hydrogen-bond donors (Lipinski definition) is 2. The Balaban J connectivity index is 1.48. The summed E-state index contributed by atoms with van der Waals surface area (Å²) in [6.07, 6.45) is 2.58. The summed E-state index contributed by atoms with van der Waals surface area (Å²) in [6, 6.07) is 0. The smallest absolute Gasteiger partial charge is 0.313 e. The number of aromatic nitrogens is 6. The third kappa shape index (κ3) is 3.45. The van der Waals surface area contributed by atoms with Gasteiger partial charge in [0.25, 0.3) is 11.5 Å². The van der Waals surface area contributed by atoms with Crippen LogP contribution >= 0.6 is 7.75 Å². The lowest BCUT2D eigenvalue weighted by Crippen LogP contribution is -2.46. The fraction of sp³-hybridized carbons (Fsp3) is 0.529. The van der Waals surface area contributed by atoms with Crippen molar-refractivity contribution < 1.29 is 32.8 Å². The number of aryl methyl sites for hydroxylation is 1. The number of ether oxygens (including phenoxy) is 3. The highest BCUT2D eigenvalue weighted by Gasteiger charge is 2.58. The molecule has 2 fully saturated rings. The fourth-order valence-corrected chi connectivity index (χ4v) is 4.98. The lowest BCUT2D eigenvalue weighted by Gasteiger charge is -2.27. The molecule has 15 heteroatoms. The van der Waals surface area contributed by atoms with Crippen molar-refractivity contribution in [3.8, 4) is 0 Å². The molecular weight excluding hydrogens is 445 g/mol. The molecule has 0 radical (unpaired) electrons. The van der Waals surface area contributed by atoms with Crippen LogP contribution in [0.15, 0.2) is 29.8 Å². The molecule has 3 N–H and O–H groups in total. The van der Waals surface area contributed by atoms with Crippen molar-refractivity contribution in [2.75, 3.05) is 12.3 Å². The SMILES string of the molecule is Cn1c[n+]([C@@H]2O[C@H](COP(=O)([O-])n3ccnc3)[C@H]3OC(C)(C)O[C@H]32)c2nc(N)[nH]c(=O)c21. The van der Waals surface area contributed by atoms with E-state index in [1.165, 1.54) is 12.4 Å². The molecule has 0 saturated carbocycles. The summed E-state index contributed by atoms with van der Waals surface area (Å²) in [5.41, 5.74) is 5.92. The van der Waals surface area contributed by atoms with Gasteiger partial charge >= 0.3 is 5.65 Å². The van der Waals surface area contributed by atoms with Crippen molar-refractivity contribution in [2.45, 2.75) is 44.2 Å². The number of H-pyrrole nitrogens is 1. The van der Waals surface area contributed by atoms with Crippen LogP contribution in [0.1, 0.15) is 20.1 Å². The molecule has 5 heterocycles. The molecule has 0 bridgehead atoms. The first-order valence-electron chi connectivity index (χ1n) is 9.77. The Kier molecular flexibility index (Phi) is 4.78. The van der Waals surface area contributed by atoms with Gasteiger partial charge in [0.2, 0.25) is 19.5 Å². The van der Waals surface area contributed by atoms with E-state index < -0.39 is 43.6 Å². The Labute approximate surface area is 181 Å². The van der Waals surface area contributed by atoms with E-state index in [2.05, 4.69) is 15.0 Å². The van der Waals surface area contributed by atoms with Gasteiger partial charge in [0, 0.05) is 12.4 Å². The lowest BCUT2D eigenvalue weighted by atomic mass is 10.1. The Morgan fingerprint density at radius 1 is 1.41 bits per heavy atom. The molecule has 3 aromatic rings. The van der Waals surface area contributed by atoms with Crippen LogP contribution in [-0.2, 0) is 30.3 Å². The molecule has 0 aliphatic carbocycles. The van der Waals surface area contributed by atoms with E-state index in [4.69, 9.17) is 24.5 Å². The van der Waals surface area contributed by atoms with Gasteiger partial charge in [-0.05, 0) is 13.8 Å². The number of nitrogen functional groups attached to an aromatic ring is 1. The molecule has 2 aliphatic rings. The van der Waals surface area contributed by atoms with Crippen LogP contribution in [0.2, 0.25) is 0 Å². The zero-order valence-electron chi connectivity index (χ0n) is 17.4. The number of nitrogens with two attached hydrogens (primary N) is 1. The average molecular weight is 467 g/mol. The van der Waals surface area contributed by atoms with E-state index in [0.717, 1.165) is 10.7 Å². The van der Waals surface area contributed by atoms with E-state index in [-0.39, 0.29) is 12.6 Å². The highest BCUT2D eigenvalue weighted by atomic mass is 31.2. The van der Waals surface area contributed by atoms with E-state index >= 15 is 0 Å². The summed E-state index contributed by atoms with van der Waals surface area (Å²) >= 11 is 0. The zero-order chi connectivity index (χ0) is 22.8. The van der Waals surface area contributed by atoms with Crippen LogP contribution in [0.5, 0.6) is 0 Å². The minimum Gasteiger partial charge on any atom is -0.761 e. The second-order valence-electron chi connectivity index (χ2n) is 8.09. The van der Waals surface area contributed by atoms with Gasteiger partial charge in [-0.2, -0.15) is 0 Å². The second kappa shape index (κ2) is 7.20. The van der Waals surface area contributed by atoms with Crippen molar-refractivity contribution >= 4 is 24.9 Å². The normalized spacial score (nSPS) is 28.8. The number of fused-ring (bicyclic) bond motifs is 2. The number of nitrogens with zero attached hydrogens (tertiary/aromatic N) is 5. The molecule has 14 nitrogen and oxygen atoms in total. The van der Waals surface area contributed by atoms with Crippen LogP contribution in [0, 0.1) is 0 Å². The van der Waals surface area contributed by atoms with Gasteiger partial charge in [0.1, 0.15) is 24.6 Å². The number of hydrogen-bond acceptors (Lipinski definition) is 10. The number of rotatable bonds is 5. The summed E-state index contributed by atoms with van der Waals surface area (Å²) in [4.78, 5) is 35.2. The molecule has 172 valence electrons. The first kappa shape index (κ1) is 21.2. The number of nitrogens with one attached hydrogen (secondary N) is 1. The van der Waals surface area contributed by atoms with Gasteiger partial charge in [-0.3, -0.25) is 23.2 Å². The Morgan fingerprint density at radius 2 is 2.16 bits per heavy atom. The number of aromatic amines is 1. The quantitative estimate of drug-likeness (QED) is 0.342. The summed E-state index contributed by atoms with van der Waals surface area (Å²) in [6.45, 7) is 3.19. The molecule has 32 heavy (non-hydrogen) atoms. The second-order valence-corrected chi connectivity index (χ2v) is 9.75. The van der Waals surface area contributed by atoms with Gasteiger partial charge in [-0.15, -0.1) is 0 Å². The van der Waals surface area contributed by atoms with Gasteiger partial charge in [0.15, 0.2) is 12.1 Å². The third-order valence-corrected chi connectivity index (χ3v) is 6.64. The standard InChI is InChI=1S/C17H22N7O7P/c1-17(2)30-11-9(6-28-32(26,27)23-5-4-19-7-23)29-15(12(11)31-17)24-8-22(3)10-13(24)20-16(18)21-14(10)25/h4-5,7-9,11-12,15H,6H2,1-3H3,(H3-,18,20,21,25,26,27)/t9-,11-,12-,15-/m1/s1. The van der Waals surface area contributed by atoms with Crippen LogP contribution in [0.25, 0.3) is 11.2 Å². The van der Waals surface area contributed by atoms with Crippen LogP contribution in [-0.4, -0.2) is 54.6 Å². The van der Waals surface area contributed by atoms with Gasteiger partial charge in [-0.25, -0.2) is 9.55 Å². The maximum Gasteiger partial charge on any atom is 0.313 e. The molecule has 0 amide bonds. The zero-order valence-corrected chi connectivity index (χ0v) is 18.3. The van der Waals surface area contributed by atoms with Crippen LogP contribution in [0.3, 0.4) is 0 Å². The Bertz CT molecular complexity index is 1270. The first-order chi connectivity index (χ1) is 15.1. The number of anilines is 1. The van der Waals surface area contributed by atoms with Gasteiger partial charge < -0.3 is 29.4 Å². The highest BCUT2D eigenvalue weighted by Crippen LogP contribution is 2.44. The largest absolute Gasteiger partial charge is 0.761 e.